The van der Waals surface area contributed by atoms with Crippen LogP contribution in [0.25, 0.3) is 0 Å². The monoisotopic (exact) mass is 569 g/mol. The summed E-state index contributed by atoms with van der Waals surface area (Å²) in [7, 11) is 1.56. The third-order valence-electron chi connectivity index (χ3n) is 5.88. The number of urea groups is 1. The van der Waals surface area contributed by atoms with E-state index < -0.39 is 35.8 Å². The van der Waals surface area contributed by atoms with Crippen molar-refractivity contribution in [2.75, 3.05) is 12.4 Å². The van der Waals surface area contributed by atoms with E-state index in [-0.39, 0.29) is 0 Å². The Labute approximate surface area is 211 Å². The molecule has 1 aliphatic heterocycles. The predicted molar refractivity (Wildman–Crippen MR) is 138 cm³/mol. The van der Waals surface area contributed by atoms with E-state index in [9.17, 15) is 14.4 Å². The number of imide groups is 1. The molecule has 1 unspecified atom stereocenters. The van der Waals surface area contributed by atoms with Crippen molar-refractivity contribution < 1.29 is 19.1 Å². The number of methoxy groups -OCH3 is 1. The lowest BCUT2D eigenvalue weighted by atomic mass is 9.91. The van der Waals surface area contributed by atoms with Gasteiger partial charge in [0.15, 0.2) is 0 Å². The Bertz CT molecular complexity index is 1180. The van der Waals surface area contributed by atoms with Crippen LogP contribution in [-0.4, -0.2) is 35.9 Å². The van der Waals surface area contributed by atoms with Gasteiger partial charge in [0.2, 0.25) is 5.91 Å². The highest BCUT2D eigenvalue weighted by molar-refractivity contribution is 14.1. The molecule has 0 saturated carbocycles. The van der Waals surface area contributed by atoms with E-state index in [0.29, 0.717) is 17.0 Å². The number of hydrogen-bond acceptors (Lipinski definition) is 4. The molecule has 0 radical (unpaired) electrons. The second-order valence-corrected chi connectivity index (χ2v) is 9.25. The molecule has 174 valence electrons. The van der Waals surface area contributed by atoms with Crippen LogP contribution >= 0.6 is 22.6 Å². The van der Waals surface area contributed by atoms with Crippen LogP contribution in [-0.2, 0) is 9.59 Å². The number of nitrogens with zero attached hydrogens (tertiary/aromatic N) is 1. The maximum Gasteiger partial charge on any atom is 0.325 e. The van der Waals surface area contributed by atoms with Crippen molar-refractivity contribution in [3.05, 3.63) is 93.6 Å². The predicted octanol–water partition coefficient (Wildman–Crippen LogP) is 4.70. The zero-order valence-corrected chi connectivity index (χ0v) is 20.9. The number of halogens is 1. The minimum atomic E-state index is -1.04. The summed E-state index contributed by atoms with van der Waals surface area (Å²) in [5.41, 5.74) is 2.05. The van der Waals surface area contributed by atoms with Gasteiger partial charge in [-0.3, -0.25) is 9.59 Å². The molecule has 4 amide bonds. The lowest BCUT2D eigenvalue weighted by molar-refractivity contribution is -0.134. The number of ether oxygens (including phenoxy) is 1. The summed E-state index contributed by atoms with van der Waals surface area (Å²) < 4.78 is 6.21. The molecule has 7 nitrogen and oxygen atoms in total. The van der Waals surface area contributed by atoms with E-state index in [1.807, 2.05) is 49.4 Å². The quantitative estimate of drug-likeness (QED) is 0.319. The van der Waals surface area contributed by atoms with Crippen molar-refractivity contribution in [3.63, 3.8) is 0 Å². The number of benzene rings is 3. The number of nitrogens with one attached hydrogen (secondary N) is 2. The topological polar surface area (TPSA) is 87.7 Å². The Balaban J connectivity index is 1.66. The number of anilines is 1. The van der Waals surface area contributed by atoms with Crippen LogP contribution in [0.5, 0.6) is 5.75 Å². The van der Waals surface area contributed by atoms with Crippen LogP contribution in [0.1, 0.15) is 30.0 Å². The maximum atomic E-state index is 13.5. The molecule has 4 rings (SSSR count). The number of carbonyl (C=O) groups excluding carboxylic acids is 3. The normalized spacial score (nSPS) is 17.1. The molecular weight excluding hydrogens is 545 g/mol. The van der Waals surface area contributed by atoms with E-state index >= 15 is 0 Å². The standard InChI is InChI=1S/C26H24IN3O4/c1-16(17-6-4-3-5-7-17)23(24(31)28-20-12-10-19(27)11-13-20)30-25(32)22(29-26(30)33)18-8-14-21(34-2)15-9-18/h3-16,22-23H,1-2H3,(H,28,31)(H,29,33)/t16-,22+,23?/m0/s1. The SMILES string of the molecule is COc1ccc([C@H]2NC(=O)N(C(C(=O)Nc3ccc(I)cc3)[C@@H](C)c3ccccc3)C2=O)cc1. The van der Waals surface area contributed by atoms with Crippen molar-refractivity contribution in [1.29, 1.82) is 0 Å². The van der Waals surface area contributed by atoms with Crippen molar-refractivity contribution in [1.82, 2.24) is 10.2 Å². The van der Waals surface area contributed by atoms with Gasteiger partial charge in [-0.15, -0.1) is 0 Å². The van der Waals surface area contributed by atoms with Gasteiger partial charge < -0.3 is 15.4 Å². The van der Waals surface area contributed by atoms with Gasteiger partial charge in [-0.25, -0.2) is 9.69 Å². The third kappa shape index (κ3) is 4.91. The fraction of sp³-hybridized carbons (Fsp3) is 0.192. The minimum Gasteiger partial charge on any atom is -0.497 e. The molecule has 0 bridgehead atoms. The summed E-state index contributed by atoms with van der Waals surface area (Å²) in [6, 6.07) is 21.1. The molecule has 0 spiro atoms. The number of amides is 4. The van der Waals surface area contributed by atoms with Gasteiger partial charge in [0.25, 0.3) is 5.91 Å². The van der Waals surface area contributed by atoms with Gasteiger partial charge in [0.1, 0.15) is 17.8 Å². The molecule has 2 N–H and O–H groups in total. The summed E-state index contributed by atoms with van der Waals surface area (Å²) in [6.45, 7) is 1.84. The van der Waals surface area contributed by atoms with Gasteiger partial charge in [0, 0.05) is 15.2 Å². The molecule has 3 aromatic rings. The van der Waals surface area contributed by atoms with Crippen LogP contribution in [0.4, 0.5) is 10.5 Å². The molecule has 1 fully saturated rings. The number of rotatable bonds is 7. The van der Waals surface area contributed by atoms with Crippen molar-refractivity contribution in [2.24, 2.45) is 0 Å². The molecule has 1 heterocycles. The Kier molecular flexibility index (Phi) is 7.16. The first-order valence-corrected chi connectivity index (χ1v) is 11.9. The van der Waals surface area contributed by atoms with E-state index in [2.05, 4.69) is 33.2 Å². The van der Waals surface area contributed by atoms with E-state index in [0.717, 1.165) is 14.0 Å². The molecular formula is C26H24IN3O4. The average molecular weight is 569 g/mol. The Hall–Kier alpha value is -3.40. The second-order valence-electron chi connectivity index (χ2n) is 8.00. The minimum absolute atomic E-state index is 0.434. The summed E-state index contributed by atoms with van der Waals surface area (Å²) in [5.74, 6) is -0.698. The fourth-order valence-corrected chi connectivity index (χ4v) is 4.40. The van der Waals surface area contributed by atoms with Gasteiger partial charge in [-0.1, -0.05) is 49.4 Å². The molecule has 3 atom stereocenters. The second kappa shape index (κ2) is 10.3. The van der Waals surface area contributed by atoms with Crippen LogP contribution in [0, 0.1) is 3.57 Å². The van der Waals surface area contributed by atoms with Gasteiger partial charge in [-0.05, 0) is 70.1 Å². The first-order valence-electron chi connectivity index (χ1n) is 10.8. The Morgan fingerprint density at radius 2 is 1.65 bits per heavy atom. The van der Waals surface area contributed by atoms with Crippen LogP contribution in [0.3, 0.4) is 0 Å². The summed E-state index contributed by atoms with van der Waals surface area (Å²) >= 11 is 2.18. The highest BCUT2D eigenvalue weighted by Gasteiger charge is 2.47. The van der Waals surface area contributed by atoms with Crippen LogP contribution < -0.4 is 15.4 Å². The Morgan fingerprint density at radius 3 is 2.26 bits per heavy atom. The lowest BCUT2D eigenvalue weighted by Gasteiger charge is -2.30. The molecule has 0 aromatic heterocycles. The van der Waals surface area contributed by atoms with Crippen molar-refractivity contribution >= 4 is 46.1 Å². The molecule has 34 heavy (non-hydrogen) atoms. The number of hydrogen-bond donors (Lipinski definition) is 2. The first-order chi connectivity index (χ1) is 16.4. The molecule has 1 saturated heterocycles. The smallest absolute Gasteiger partial charge is 0.325 e. The van der Waals surface area contributed by atoms with Crippen LogP contribution in [0.15, 0.2) is 78.9 Å². The van der Waals surface area contributed by atoms with Gasteiger partial charge in [-0.2, -0.15) is 0 Å². The van der Waals surface area contributed by atoms with Crippen molar-refractivity contribution in [3.8, 4) is 5.75 Å². The number of carbonyl (C=O) groups is 3. The summed E-state index contributed by atoms with van der Waals surface area (Å²) in [4.78, 5) is 41.1. The fourth-order valence-electron chi connectivity index (χ4n) is 4.04. The zero-order chi connectivity index (χ0) is 24.2. The molecule has 8 heteroatoms. The average Bonchev–Trinajstić information content (AvgIpc) is 3.15. The largest absolute Gasteiger partial charge is 0.497 e. The van der Waals surface area contributed by atoms with E-state index in [1.165, 1.54) is 0 Å². The summed E-state index contributed by atoms with van der Waals surface area (Å²) in [6.07, 6.45) is 0. The molecule has 0 aliphatic carbocycles. The molecule has 3 aromatic carbocycles. The lowest BCUT2D eigenvalue weighted by Crippen LogP contribution is -2.50. The highest BCUT2D eigenvalue weighted by Crippen LogP contribution is 2.31. The first kappa shape index (κ1) is 23.7. The molecule has 1 aliphatic rings. The van der Waals surface area contributed by atoms with Crippen molar-refractivity contribution in [2.45, 2.75) is 24.9 Å². The van der Waals surface area contributed by atoms with Gasteiger partial charge in [0.05, 0.1) is 7.11 Å². The summed E-state index contributed by atoms with van der Waals surface area (Å²) in [5, 5.41) is 5.61. The zero-order valence-electron chi connectivity index (χ0n) is 18.7. The third-order valence-corrected chi connectivity index (χ3v) is 6.60. The highest BCUT2D eigenvalue weighted by atomic mass is 127. The maximum absolute atomic E-state index is 13.5. The van der Waals surface area contributed by atoms with E-state index in [4.69, 9.17) is 4.74 Å². The van der Waals surface area contributed by atoms with Gasteiger partial charge >= 0.3 is 6.03 Å². The Morgan fingerprint density at radius 1 is 1.00 bits per heavy atom. The van der Waals surface area contributed by atoms with Crippen LogP contribution in [0.2, 0.25) is 0 Å². The van der Waals surface area contributed by atoms with E-state index in [1.54, 1.807) is 43.5 Å².